The van der Waals surface area contributed by atoms with Crippen molar-refractivity contribution in [2.45, 2.75) is 13.5 Å². The molecule has 0 radical (unpaired) electrons. The predicted octanol–water partition coefficient (Wildman–Crippen LogP) is 2.73. The Morgan fingerprint density at radius 1 is 1.33 bits per heavy atom. The molecule has 0 atom stereocenters. The molecule has 1 N–H and O–H groups in total. The fraction of sp³-hybridized carbons (Fsp3) is 0.312. The molecule has 112 valence electrons. The van der Waals surface area contributed by atoms with Gasteiger partial charge in [0.25, 0.3) is 5.91 Å². The van der Waals surface area contributed by atoms with Crippen LogP contribution < -0.4 is 0 Å². The van der Waals surface area contributed by atoms with Crippen molar-refractivity contribution in [2.24, 2.45) is 7.05 Å². The highest BCUT2D eigenvalue weighted by Crippen LogP contribution is 2.20. The molecule has 0 fully saturated rings. The van der Waals surface area contributed by atoms with E-state index in [1.807, 2.05) is 55.2 Å². The summed E-state index contributed by atoms with van der Waals surface area (Å²) in [6.07, 6.45) is 3.74. The standard InChI is InChI=1S/C16H19BrN2O2/c1-12-9-18(2)11-14(12)16(21)19(7-8-20)10-13-5-3-4-6-15(13)17/h3-6,9,11,20H,7-8,10H2,1-2H3. The number of amides is 1. The summed E-state index contributed by atoms with van der Waals surface area (Å²) in [6, 6.07) is 7.80. The largest absolute Gasteiger partial charge is 0.395 e. The second-order valence-electron chi connectivity index (χ2n) is 5.06. The van der Waals surface area contributed by atoms with Gasteiger partial charge in [0, 0.05) is 37.0 Å². The minimum atomic E-state index is -0.0575. The lowest BCUT2D eigenvalue weighted by Gasteiger charge is -2.22. The highest BCUT2D eigenvalue weighted by atomic mass is 79.9. The number of hydrogen-bond acceptors (Lipinski definition) is 2. The summed E-state index contributed by atoms with van der Waals surface area (Å²) < 4.78 is 2.84. The Labute approximate surface area is 133 Å². The number of rotatable bonds is 5. The molecule has 0 saturated heterocycles. The number of aliphatic hydroxyl groups is 1. The summed E-state index contributed by atoms with van der Waals surface area (Å²) in [5.41, 5.74) is 2.64. The summed E-state index contributed by atoms with van der Waals surface area (Å²) in [6.45, 7) is 2.65. The first kappa shape index (κ1) is 15.8. The quantitative estimate of drug-likeness (QED) is 0.900. The Hall–Kier alpha value is -1.59. The molecule has 2 aromatic rings. The molecule has 5 heteroatoms. The van der Waals surface area contributed by atoms with Crippen molar-refractivity contribution in [3.8, 4) is 0 Å². The molecule has 1 amide bonds. The topological polar surface area (TPSA) is 45.5 Å². The third-order valence-electron chi connectivity index (χ3n) is 3.36. The molecule has 4 nitrogen and oxygen atoms in total. The van der Waals surface area contributed by atoms with Gasteiger partial charge >= 0.3 is 0 Å². The summed E-state index contributed by atoms with van der Waals surface area (Å²) in [4.78, 5) is 14.3. The lowest BCUT2D eigenvalue weighted by atomic mass is 10.1. The maximum absolute atomic E-state index is 12.7. The van der Waals surface area contributed by atoms with E-state index in [4.69, 9.17) is 0 Å². The van der Waals surface area contributed by atoms with Crippen LogP contribution in [0.3, 0.4) is 0 Å². The molecule has 1 heterocycles. The van der Waals surface area contributed by atoms with Crippen molar-refractivity contribution < 1.29 is 9.90 Å². The number of halogens is 1. The number of benzene rings is 1. The van der Waals surface area contributed by atoms with Gasteiger partial charge in [-0.25, -0.2) is 0 Å². The molecule has 0 aliphatic rings. The summed E-state index contributed by atoms with van der Waals surface area (Å²) in [7, 11) is 1.90. The maximum Gasteiger partial charge on any atom is 0.256 e. The zero-order valence-corrected chi connectivity index (χ0v) is 13.8. The van der Waals surface area contributed by atoms with E-state index in [9.17, 15) is 9.90 Å². The van der Waals surface area contributed by atoms with Crippen molar-refractivity contribution in [3.63, 3.8) is 0 Å². The molecule has 1 aromatic carbocycles. The fourth-order valence-electron chi connectivity index (χ4n) is 2.32. The van der Waals surface area contributed by atoms with Crippen LogP contribution in [0.4, 0.5) is 0 Å². The number of carbonyl (C=O) groups is 1. The Balaban J connectivity index is 2.24. The number of hydrogen-bond donors (Lipinski definition) is 1. The highest BCUT2D eigenvalue weighted by Gasteiger charge is 2.19. The van der Waals surface area contributed by atoms with Crippen LogP contribution in [0, 0.1) is 6.92 Å². The van der Waals surface area contributed by atoms with Crippen molar-refractivity contribution in [1.82, 2.24) is 9.47 Å². The zero-order valence-electron chi connectivity index (χ0n) is 12.2. The Kier molecular flexibility index (Phi) is 5.20. The van der Waals surface area contributed by atoms with E-state index in [-0.39, 0.29) is 12.5 Å². The molecule has 0 bridgehead atoms. The number of aromatic nitrogens is 1. The van der Waals surface area contributed by atoms with E-state index in [1.165, 1.54) is 0 Å². The average Bonchev–Trinajstić information content (AvgIpc) is 2.79. The SMILES string of the molecule is Cc1cn(C)cc1C(=O)N(CCO)Cc1ccccc1Br. The minimum Gasteiger partial charge on any atom is -0.395 e. The maximum atomic E-state index is 12.7. The van der Waals surface area contributed by atoms with Gasteiger partial charge in [-0.15, -0.1) is 0 Å². The first-order valence-electron chi connectivity index (χ1n) is 6.79. The third kappa shape index (κ3) is 3.74. The van der Waals surface area contributed by atoms with Crippen molar-refractivity contribution >= 4 is 21.8 Å². The van der Waals surface area contributed by atoms with Crippen LogP contribution in [-0.4, -0.2) is 33.6 Å². The molecule has 0 aliphatic heterocycles. The van der Waals surface area contributed by atoms with Gasteiger partial charge in [-0.2, -0.15) is 0 Å². The molecule has 2 rings (SSSR count). The molecule has 1 aromatic heterocycles. The first-order chi connectivity index (χ1) is 10.0. The van der Waals surface area contributed by atoms with Gasteiger partial charge in [0.1, 0.15) is 0 Å². The van der Waals surface area contributed by atoms with Crippen LogP contribution in [0.1, 0.15) is 21.5 Å². The minimum absolute atomic E-state index is 0.0535. The molecule has 0 spiro atoms. The van der Waals surface area contributed by atoms with Gasteiger partial charge in [-0.05, 0) is 24.1 Å². The number of aliphatic hydroxyl groups excluding tert-OH is 1. The average molecular weight is 351 g/mol. The molecular weight excluding hydrogens is 332 g/mol. The van der Waals surface area contributed by atoms with Gasteiger partial charge in [0.05, 0.1) is 12.2 Å². The van der Waals surface area contributed by atoms with Crippen LogP contribution >= 0.6 is 15.9 Å². The third-order valence-corrected chi connectivity index (χ3v) is 4.14. The number of nitrogens with zero attached hydrogens (tertiary/aromatic N) is 2. The van der Waals surface area contributed by atoms with Crippen LogP contribution in [-0.2, 0) is 13.6 Å². The van der Waals surface area contributed by atoms with E-state index in [2.05, 4.69) is 15.9 Å². The second kappa shape index (κ2) is 6.91. The number of carbonyl (C=O) groups excluding carboxylic acids is 1. The predicted molar refractivity (Wildman–Crippen MR) is 86.1 cm³/mol. The normalized spacial score (nSPS) is 10.7. The van der Waals surface area contributed by atoms with E-state index >= 15 is 0 Å². The lowest BCUT2D eigenvalue weighted by molar-refractivity contribution is 0.0707. The van der Waals surface area contributed by atoms with Gasteiger partial charge in [0.15, 0.2) is 0 Å². The van der Waals surface area contributed by atoms with Crippen LogP contribution in [0.5, 0.6) is 0 Å². The van der Waals surface area contributed by atoms with Gasteiger partial charge in [0.2, 0.25) is 0 Å². The molecule has 0 saturated carbocycles. The van der Waals surface area contributed by atoms with Crippen molar-refractivity contribution in [2.75, 3.05) is 13.2 Å². The van der Waals surface area contributed by atoms with E-state index in [1.54, 1.807) is 4.90 Å². The van der Waals surface area contributed by atoms with Crippen LogP contribution in [0.25, 0.3) is 0 Å². The van der Waals surface area contributed by atoms with Gasteiger partial charge < -0.3 is 14.6 Å². The lowest BCUT2D eigenvalue weighted by Crippen LogP contribution is -2.33. The van der Waals surface area contributed by atoms with Crippen molar-refractivity contribution in [1.29, 1.82) is 0 Å². The summed E-state index contributed by atoms with van der Waals surface area (Å²) >= 11 is 3.50. The zero-order chi connectivity index (χ0) is 15.4. The summed E-state index contributed by atoms with van der Waals surface area (Å²) in [5, 5.41) is 9.24. The molecule has 21 heavy (non-hydrogen) atoms. The van der Waals surface area contributed by atoms with E-state index in [0.717, 1.165) is 15.6 Å². The fourth-order valence-corrected chi connectivity index (χ4v) is 2.73. The van der Waals surface area contributed by atoms with Crippen molar-refractivity contribution in [3.05, 3.63) is 57.8 Å². The smallest absolute Gasteiger partial charge is 0.256 e. The Morgan fingerprint density at radius 2 is 2.05 bits per heavy atom. The first-order valence-corrected chi connectivity index (χ1v) is 7.58. The van der Waals surface area contributed by atoms with Crippen LogP contribution in [0.15, 0.2) is 41.1 Å². The highest BCUT2D eigenvalue weighted by molar-refractivity contribution is 9.10. The van der Waals surface area contributed by atoms with E-state index in [0.29, 0.717) is 18.7 Å². The van der Waals surface area contributed by atoms with E-state index < -0.39 is 0 Å². The molecular formula is C16H19BrN2O2. The number of aryl methyl sites for hydroxylation is 2. The Bertz CT molecular complexity index is 637. The second-order valence-corrected chi connectivity index (χ2v) is 5.92. The summed E-state index contributed by atoms with van der Waals surface area (Å²) in [5.74, 6) is -0.0575. The van der Waals surface area contributed by atoms with Crippen LogP contribution in [0.2, 0.25) is 0 Å². The van der Waals surface area contributed by atoms with Gasteiger partial charge in [-0.3, -0.25) is 4.79 Å². The molecule has 0 unspecified atom stereocenters. The monoisotopic (exact) mass is 350 g/mol. The molecule has 0 aliphatic carbocycles. The Morgan fingerprint density at radius 3 is 2.62 bits per heavy atom. The van der Waals surface area contributed by atoms with Gasteiger partial charge in [-0.1, -0.05) is 34.1 Å².